The largest absolute Gasteiger partial charge is 0.391 e. The molecule has 0 bridgehead atoms. The van der Waals surface area contributed by atoms with Crippen LogP contribution in [0.4, 0.5) is 5.13 Å². The molecule has 0 amide bonds. The van der Waals surface area contributed by atoms with E-state index in [4.69, 9.17) is 9.72 Å². The topological polar surface area (TPSA) is 45.6 Å². The Kier molecular flexibility index (Phi) is 4.48. The van der Waals surface area contributed by atoms with Crippen LogP contribution in [0.15, 0.2) is 0 Å². The summed E-state index contributed by atoms with van der Waals surface area (Å²) in [6.07, 6.45) is 1.05. The molecule has 5 heteroatoms. The van der Waals surface area contributed by atoms with Gasteiger partial charge in [0, 0.05) is 12.0 Å². The maximum absolute atomic E-state index is 9.54. The second kappa shape index (κ2) is 5.77. The average Bonchev–Trinajstić information content (AvgIpc) is 2.82. The van der Waals surface area contributed by atoms with E-state index in [-0.39, 0.29) is 12.0 Å². The molecule has 1 fully saturated rings. The molecule has 108 valence electrons. The molecule has 2 heterocycles. The van der Waals surface area contributed by atoms with E-state index in [9.17, 15) is 5.11 Å². The molecule has 1 aromatic heterocycles. The summed E-state index contributed by atoms with van der Waals surface area (Å²) in [5.74, 6) is 0. The van der Waals surface area contributed by atoms with E-state index in [0.717, 1.165) is 41.9 Å². The summed E-state index contributed by atoms with van der Waals surface area (Å²) < 4.78 is 5.54. The van der Waals surface area contributed by atoms with Gasteiger partial charge < -0.3 is 14.7 Å². The first-order valence-electron chi connectivity index (χ1n) is 6.92. The van der Waals surface area contributed by atoms with Gasteiger partial charge in [0.05, 0.1) is 36.4 Å². The predicted molar refractivity (Wildman–Crippen MR) is 79.0 cm³/mol. The van der Waals surface area contributed by atoms with Crippen LogP contribution >= 0.6 is 11.3 Å². The fourth-order valence-corrected chi connectivity index (χ4v) is 3.63. The second-order valence-electron chi connectivity index (χ2n) is 6.01. The number of hydrogen-bond acceptors (Lipinski definition) is 5. The van der Waals surface area contributed by atoms with Gasteiger partial charge >= 0.3 is 0 Å². The highest BCUT2D eigenvalue weighted by Gasteiger charge is 2.28. The van der Waals surface area contributed by atoms with E-state index in [2.05, 4.69) is 32.6 Å². The molecule has 0 radical (unpaired) electrons. The molecular weight excluding hydrogens is 260 g/mol. The van der Waals surface area contributed by atoms with E-state index in [1.54, 1.807) is 11.3 Å². The van der Waals surface area contributed by atoms with Crippen LogP contribution in [0.25, 0.3) is 0 Å². The fourth-order valence-electron chi connectivity index (χ4n) is 2.40. The molecule has 1 aliphatic heterocycles. The van der Waals surface area contributed by atoms with Gasteiger partial charge in [-0.15, -0.1) is 0 Å². The molecule has 0 aliphatic carbocycles. The lowest BCUT2D eigenvalue weighted by atomic mass is 9.91. The monoisotopic (exact) mass is 284 g/mol. The Labute approximate surface area is 119 Å². The van der Waals surface area contributed by atoms with Crippen LogP contribution in [0.3, 0.4) is 0 Å². The van der Waals surface area contributed by atoms with Crippen molar-refractivity contribution in [2.45, 2.75) is 52.2 Å². The van der Waals surface area contributed by atoms with Crippen molar-refractivity contribution in [1.82, 2.24) is 4.98 Å². The van der Waals surface area contributed by atoms with E-state index in [1.807, 2.05) is 0 Å². The second-order valence-corrected chi connectivity index (χ2v) is 7.07. The zero-order valence-electron chi connectivity index (χ0n) is 12.3. The molecule has 0 saturated carbocycles. The van der Waals surface area contributed by atoms with Crippen LogP contribution in [0.2, 0.25) is 0 Å². The van der Waals surface area contributed by atoms with Crippen molar-refractivity contribution in [2.24, 2.45) is 0 Å². The molecule has 4 nitrogen and oxygen atoms in total. The van der Waals surface area contributed by atoms with E-state index < -0.39 is 0 Å². The van der Waals surface area contributed by atoms with Gasteiger partial charge in [-0.1, -0.05) is 39.0 Å². The molecular formula is C14H24N2O2S. The maximum atomic E-state index is 9.54. The van der Waals surface area contributed by atoms with Crippen molar-refractivity contribution in [2.75, 3.05) is 24.7 Å². The number of aromatic nitrogens is 1. The molecule has 0 spiro atoms. The number of thiazole rings is 1. The van der Waals surface area contributed by atoms with E-state index in [0.29, 0.717) is 6.04 Å². The quantitative estimate of drug-likeness (QED) is 0.926. The van der Waals surface area contributed by atoms with Gasteiger partial charge in [0.1, 0.15) is 0 Å². The minimum absolute atomic E-state index is 0.0270. The Hall–Kier alpha value is -0.650. The maximum Gasteiger partial charge on any atom is 0.186 e. The first-order chi connectivity index (χ1) is 8.97. The van der Waals surface area contributed by atoms with Crippen LogP contribution in [0.5, 0.6) is 0 Å². The summed E-state index contributed by atoms with van der Waals surface area (Å²) in [6, 6.07) is 0.402. The van der Waals surface area contributed by atoms with Gasteiger partial charge in [0.2, 0.25) is 0 Å². The summed E-state index contributed by atoms with van der Waals surface area (Å²) in [7, 11) is 0. The fraction of sp³-hybridized carbons (Fsp3) is 0.786. The molecule has 19 heavy (non-hydrogen) atoms. The highest BCUT2D eigenvalue weighted by Crippen LogP contribution is 2.35. The molecule has 1 unspecified atom stereocenters. The summed E-state index contributed by atoms with van der Waals surface area (Å²) in [5, 5.41) is 10.6. The van der Waals surface area contributed by atoms with Crippen molar-refractivity contribution < 1.29 is 9.84 Å². The third kappa shape index (κ3) is 3.09. The lowest BCUT2D eigenvalue weighted by Gasteiger charge is -2.34. The summed E-state index contributed by atoms with van der Waals surface area (Å²) in [6.45, 7) is 11.1. The number of rotatable bonds is 3. The molecule has 2 rings (SSSR count). The number of hydrogen-bond donors (Lipinski definition) is 1. The molecule has 1 N–H and O–H groups in total. The summed E-state index contributed by atoms with van der Waals surface area (Å²) >= 11 is 1.62. The Morgan fingerprint density at radius 3 is 2.74 bits per heavy atom. The molecule has 1 aromatic rings. The van der Waals surface area contributed by atoms with Crippen LogP contribution in [-0.2, 0) is 16.8 Å². The van der Waals surface area contributed by atoms with E-state index >= 15 is 0 Å². The average molecular weight is 284 g/mol. The van der Waals surface area contributed by atoms with Gasteiger partial charge in [0.25, 0.3) is 0 Å². The normalized spacial score (nSPS) is 20.9. The minimum atomic E-state index is -0.0270. The molecule has 1 atom stereocenters. The van der Waals surface area contributed by atoms with Gasteiger partial charge in [0.15, 0.2) is 5.13 Å². The lowest BCUT2D eigenvalue weighted by Crippen LogP contribution is -2.45. The minimum Gasteiger partial charge on any atom is -0.391 e. The van der Waals surface area contributed by atoms with Gasteiger partial charge in [-0.25, -0.2) is 4.98 Å². The third-order valence-electron chi connectivity index (χ3n) is 3.48. The number of ether oxygens (including phenoxy) is 1. The number of morpholine rings is 1. The number of aliphatic hydroxyl groups excluding tert-OH is 1. The first-order valence-corrected chi connectivity index (χ1v) is 7.74. The highest BCUT2D eigenvalue weighted by atomic mass is 32.1. The smallest absolute Gasteiger partial charge is 0.186 e. The van der Waals surface area contributed by atoms with Crippen LogP contribution in [0, 0.1) is 0 Å². The van der Waals surface area contributed by atoms with Gasteiger partial charge in [-0.3, -0.25) is 0 Å². The SMILES string of the molecule is CCC1COCCN1c1nc(C(C)(C)C)c(CO)s1. The highest BCUT2D eigenvalue weighted by molar-refractivity contribution is 7.15. The summed E-state index contributed by atoms with van der Waals surface area (Å²) in [4.78, 5) is 8.13. The predicted octanol–water partition coefficient (Wildman–Crippen LogP) is 2.55. The van der Waals surface area contributed by atoms with Crippen LogP contribution in [-0.4, -0.2) is 35.9 Å². The molecule has 1 saturated heterocycles. The number of anilines is 1. The zero-order chi connectivity index (χ0) is 14.0. The van der Waals surface area contributed by atoms with Crippen LogP contribution < -0.4 is 4.90 Å². The molecule has 0 aromatic carbocycles. The number of aliphatic hydroxyl groups is 1. The molecule has 1 aliphatic rings. The Balaban J connectivity index is 2.32. The summed E-state index contributed by atoms with van der Waals surface area (Å²) in [5.41, 5.74) is 0.997. The van der Waals surface area contributed by atoms with Crippen molar-refractivity contribution in [3.05, 3.63) is 10.6 Å². The number of nitrogens with zero attached hydrogens (tertiary/aromatic N) is 2. The van der Waals surface area contributed by atoms with Crippen molar-refractivity contribution in [1.29, 1.82) is 0 Å². The van der Waals surface area contributed by atoms with Gasteiger partial charge in [-0.2, -0.15) is 0 Å². The Morgan fingerprint density at radius 2 is 2.21 bits per heavy atom. The van der Waals surface area contributed by atoms with Gasteiger partial charge in [-0.05, 0) is 6.42 Å². The van der Waals surface area contributed by atoms with Crippen LogP contribution in [0.1, 0.15) is 44.7 Å². The van der Waals surface area contributed by atoms with Crippen molar-refractivity contribution >= 4 is 16.5 Å². The standard InChI is InChI=1S/C14H24N2O2S/c1-5-10-9-18-7-6-16(10)13-15-12(14(2,3)4)11(8-17)19-13/h10,17H,5-9H2,1-4H3. The van der Waals surface area contributed by atoms with E-state index in [1.165, 1.54) is 0 Å². The van der Waals surface area contributed by atoms with Crippen molar-refractivity contribution in [3.8, 4) is 0 Å². The zero-order valence-corrected chi connectivity index (χ0v) is 13.1. The third-order valence-corrected chi connectivity index (χ3v) is 4.56. The lowest BCUT2D eigenvalue weighted by molar-refractivity contribution is 0.0929. The first kappa shape index (κ1) is 14.8. The Bertz CT molecular complexity index is 426. The Morgan fingerprint density at radius 1 is 1.47 bits per heavy atom. The van der Waals surface area contributed by atoms with Crippen molar-refractivity contribution in [3.63, 3.8) is 0 Å².